The van der Waals surface area contributed by atoms with Crippen LogP contribution in [0.5, 0.6) is 0 Å². The molecule has 0 bridgehead atoms. The summed E-state index contributed by atoms with van der Waals surface area (Å²) in [5, 5.41) is 10.4. The van der Waals surface area contributed by atoms with Gasteiger partial charge in [0.2, 0.25) is 0 Å². The van der Waals surface area contributed by atoms with E-state index in [1.54, 1.807) is 0 Å². The van der Waals surface area contributed by atoms with Crippen LogP contribution in [0, 0.1) is 17.3 Å². The fourth-order valence-electron chi connectivity index (χ4n) is 3.39. The third kappa shape index (κ3) is 4.07. The molecule has 0 saturated heterocycles. The number of aliphatic hydroxyl groups excluding tert-OH is 1. The molecule has 106 valence electrons. The van der Waals surface area contributed by atoms with Crippen LogP contribution in [0.25, 0.3) is 0 Å². The summed E-state index contributed by atoms with van der Waals surface area (Å²) in [5.74, 6) is 1.33. The predicted molar refractivity (Wildman–Crippen MR) is 81.1 cm³/mol. The first kappa shape index (κ1) is 14.6. The highest BCUT2D eigenvalue weighted by Gasteiger charge is 2.32. The van der Waals surface area contributed by atoms with E-state index >= 15 is 0 Å². The molecule has 1 aromatic rings. The van der Waals surface area contributed by atoms with Gasteiger partial charge >= 0.3 is 0 Å². The third-order valence-electron chi connectivity index (χ3n) is 4.83. The normalized spacial score (nSPS) is 26.1. The molecule has 1 nitrogen and oxygen atoms in total. The minimum atomic E-state index is -0.164. The fraction of sp³-hybridized carbons (Fsp3) is 0.667. The van der Waals surface area contributed by atoms with Gasteiger partial charge in [-0.1, -0.05) is 51.1 Å². The summed E-state index contributed by atoms with van der Waals surface area (Å²) < 4.78 is 0. The van der Waals surface area contributed by atoms with E-state index in [0.717, 1.165) is 12.3 Å². The molecule has 0 radical (unpaired) electrons. The quantitative estimate of drug-likeness (QED) is 0.851. The maximum absolute atomic E-state index is 10.4. The van der Waals surface area contributed by atoms with Crippen molar-refractivity contribution in [3.05, 3.63) is 35.9 Å². The van der Waals surface area contributed by atoms with E-state index in [2.05, 4.69) is 45.0 Å². The molecule has 1 aliphatic rings. The molecule has 1 aliphatic carbocycles. The lowest BCUT2D eigenvalue weighted by atomic mass is 9.68. The van der Waals surface area contributed by atoms with Crippen LogP contribution in [-0.4, -0.2) is 11.2 Å². The first-order valence-corrected chi connectivity index (χ1v) is 7.69. The largest absolute Gasteiger partial charge is 0.392 e. The van der Waals surface area contributed by atoms with Gasteiger partial charge in [-0.25, -0.2) is 0 Å². The molecule has 1 aromatic carbocycles. The van der Waals surface area contributed by atoms with Gasteiger partial charge in [-0.2, -0.15) is 0 Å². The second kappa shape index (κ2) is 6.09. The van der Waals surface area contributed by atoms with Crippen LogP contribution < -0.4 is 0 Å². The Labute approximate surface area is 118 Å². The molecule has 0 aromatic heterocycles. The lowest BCUT2D eigenvalue weighted by molar-refractivity contribution is 0.0537. The summed E-state index contributed by atoms with van der Waals surface area (Å²) in [5.41, 5.74) is 1.68. The van der Waals surface area contributed by atoms with Crippen LogP contribution >= 0.6 is 0 Å². The smallest absolute Gasteiger partial charge is 0.0608 e. The Hall–Kier alpha value is -0.820. The van der Waals surface area contributed by atoms with Crippen LogP contribution in [-0.2, 0) is 6.42 Å². The van der Waals surface area contributed by atoms with Crippen molar-refractivity contribution in [2.75, 3.05) is 0 Å². The van der Waals surface area contributed by atoms with E-state index in [1.807, 2.05) is 6.07 Å². The molecule has 1 saturated carbocycles. The summed E-state index contributed by atoms with van der Waals surface area (Å²) in [4.78, 5) is 0. The molecule has 1 N–H and O–H groups in total. The minimum Gasteiger partial charge on any atom is -0.392 e. The maximum atomic E-state index is 10.4. The van der Waals surface area contributed by atoms with Crippen molar-refractivity contribution in [1.29, 1.82) is 0 Å². The van der Waals surface area contributed by atoms with Crippen molar-refractivity contribution in [2.45, 2.75) is 59.0 Å². The van der Waals surface area contributed by atoms with Gasteiger partial charge in [0, 0.05) is 0 Å². The number of rotatable bonds is 3. The lowest BCUT2D eigenvalue weighted by Crippen LogP contribution is -2.31. The highest BCUT2D eigenvalue weighted by molar-refractivity contribution is 5.15. The predicted octanol–water partition coefficient (Wildman–Crippen LogP) is 4.44. The van der Waals surface area contributed by atoms with E-state index in [1.165, 1.54) is 31.2 Å². The van der Waals surface area contributed by atoms with Crippen molar-refractivity contribution >= 4 is 0 Å². The van der Waals surface area contributed by atoms with Crippen molar-refractivity contribution in [3.8, 4) is 0 Å². The van der Waals surface area contributed by atoms with E-state index in [9.17, 15) is 5.11 Å². The van der Waals surface area contributed by atoms with Crippen LogP contribution in [0.3, 0.4) is 0 Å². The van der Waals surface area contributed by atoms with E-state index in [4.69, 9.17) is 0 Å². The van der Waals surface area contributed by atoms with Gasteiger partial charge < -0.3 is 5.11 Å². The number of hydrogen-bond acceptors (Lipinski definition) is 1. The summed E-state index contributed by atoms with van der Waals surface area (Å²) in [6.07, 6.45) is 5.58. The molecule has 1 fully saturated rings. The van der Waals surface area contributed by atoms with Gasteiger partial charge in [0.25, 0.3) is 0 Å². The van der Waals surface area contributed by atoms with Crippen LogP contribution in [0.2, 0.25) is 0 Å². The zero-order valence-corrected chi connectivity index (χ0v) is 12.6. The van der Waals surface area contributed by atoms with E-state index in [-0.39, 0.29) is 6.10 Å². The summed E-state index contributed by atoms with van der Waals surface area (Å²) in [7, 11) is 0. The summed E-state index contributed by atoms with van der Waals surface area (Å²) >= 11 is 0. The molecular weight excluding hydrogens is 232 g/mol. The molecule has 0 spiro atoms. The Bertz CT molecular complexity index is 368. The van der Waals surface area contributed by atoms with Crippen molar-refractivity contribution < 1.29 is 5.11 Å². The first-order chi connectivity index (χ1) is 8.97. The van der Waals surface area contributed by atoms with Gasteiger partial charge in [-0.3, -0.25) is 0 Å². The van der Waals surface area contributed by atoms with E-state index < -0.39 is 0 Å². The van der Waals surface area contributed by atoms with Crippen molar-refractivity contribution in [2.24, 2.45) is 17.3 Å². The van der Waals surface area contributed by atoms with Gasteiger partial charge in [0.1, 0.15) is 0 Å². The molecule has 0 amide bonds. The third-order valence-corrected chi connectivity index (χ3v) is 4.83. The highest BCUT2D eigenvalue weighted by Crippen LogP contribution is 2.40. The molecule has 0 heterocycles. The molecule has 2 rings (SSSR count). The zero-order valence-electron chi connectivity index (χ0n) is 12.6. The SMILES string of the molecule is CC(C)(C)C1CCC(C(O)Cc2ccccc2)CC1. The Morgan fingerprint density at radius 2 is 1.63 bits per heavy atom. The monoisotopic (exact) mass is 260 g/mol. The molecule has 1 heteroatoms. The van der Waals surface area contributed by atoms with Crippen LogP contribution in [0.1, 0.15) is 52.0 Å². The Morgan fingerprint density at radius 1 is 1.05 bits per heavy atom. The number of hydrogen-bond donors (Lipinski definition) is 1. The summed E-state index contributed by atoms with van der Waals surface area (Å²) in [6.45, 7) is 7.04. The molecular formula is C18H28O. The van der Waals surface area contributed by atoms with Crippen LogP contribution in [0.4, 0.5) is 0 Å². The zero-order chi connectivity index (χ0) is 13.9. The highest BCUT2D eigenvalue weighted by atomic mass is 16.3. The lowest BCUT2D eigenvalue weighted by Gasteiger charge is -2.38. The molecule has 19 heavy (non-hydrogen) atoms. The second-order valence-electron chi connectivity index (χ2n) is 7.23. The summed E-state index contributed by atoms with van der Waals surface area (Å²) in [6, 6.07) is 10.4. The average Bonchev–Trinajstić information content (AvgIpc) is 2.39. The Morgan fingerprint density at radius 3 is 2.16 bits per heavy atom. The number of aliphatic hydroxyl groups is 1. The maximum Gasteiger partial charge on any atom is 0.0608 e. The molecule has 0 aliphatic heterocycles. The van der Waals surface area contributed by atoms with Crippen LogP contribution in [0.15, 0.2) is 30.3 Å². The van der Waals surface area contributed by atoms with Gasteiger partial charge in [-0.05, 0) is 54.9 Å². The first-order valence-electron chi connectivity index (χ1n) is 7.69. The molecule has 1 atom stereocenters. The molecule has 1 unspecified atom stereocenters. The van der Waals surface area contributed by atoms with Gasteiger partial charge in [0.15, 0.2) is 0 Å². The Kier molecular flexibility index (Phi) is 4.67. The standard InChI is InChI=1S/C18H28O/c1-18(2,3)16-11-9-15(10-12-16)17(19)13-14-7-5-4-6-8-14/h4-8,15-17,19H,9-13H2,1-3H3. The minimum absolute atomic E-state index is 0.164. The fourth-order valence-corrected chi connectivity index (χ4v) is 3.39. The van der Waals surface area contributed by atoms with Crippen molar-refractivity contribution in [1.82, 2.24) is 0 Å². The van der Waals surface area contributed by atoms with Gasteiger partial charge in [-0.15, -0.1) is 0 Å². The van der Waals surface area contributed by atoms with Crippen molar-refractivity contribution in [3.63, 3.8) is 0 Å². The topological polar surface area (TPSA) is 20.2 Å². The Balaban J connectivity index is 1.84. The van der Waals surface area contributed by atoms with Gasteiger partial charge in [0.05, 0.1) is 6.10 Å². The second-order valence-corrected chi connectivity index (χ2v) is 7.23. The average molecular weight is 260 g/mol. The van der Waals surface area contributed by atoms with E-state index in [0.29, 0.717) is 11.3 Å². The number of benzene rings is 1.